The summed E-state index contributed by atoms with van der Waals surface area (Å²) in [5.74, 6) is 0. The second kappa shape index (κ2) is 4.23. The van der Waals surface area contributed by atoms with E-state index in [1.807, 2.05) is 36.4 Å². The van der Waals surface area contributed by atoms with Crippen LogP contribution in [-0.4, -0.2) is 23.3 Å². The van der Waals surface area contributed by atoms with Gasteiger partial charge in [-0.15, -0.1) is 0 Å². The minimum atomic E-state index is -0.279. The zero-order chi connectivity index (χ0) is 10.1. The Hall–Kier alpha value is 0.320. The molecule has 1 saturated heterocycles. The lowest BCUT2D eigenvalue weighted by atomic mass is 9.81. The largest absolute Gasteiger partial charge is 0.356 e. The molecule has 0 spiro atoms. The van der Waals surface area contributed by atoms with Gasteiger partial charge in [-0.05, 0) is 13.3 Å². The van der Waals surface area contributed by atoms with Crippen LogP contribution in [0.1, 0.15) is 26.7 Å². The Labute approximate surface area is 92.3 Å². The molecule has 3 nitrogen and oxygen atoms in total. The maximum absolute atomic E-state index is 11.4. The third-order valence-corrected chi connectivity index (χ3v) is 3.78. The Balaban J connectivity index is 2.71. The van der Waals surface area contributed by atoms with Gasteiger partial charge in [-0.2, -0.15) is 0 Å². The van der Waals surface area contributed by atoms with Gasteiger partial charge in [0.15, 0.2) is 10.1 Å². The third-order valence-electron chi connectivity index (χ3n) is 2.48. The van der Waals surface area contributed by atoms with Crippen molar-refractivity contribution in [2.24, 2.45) is 5.41 Å². The number of carbonyl (C=O) groups excluding carboxylic acids is 1. The highest BCUT2D eigenvalue weighted by atomic mass is 127. The van der Waals surface area contributed by atoms with E-state index in [4.69, 9.17) is 9.47 Å². The van der Waals surface area contributed by atoms with E-state index < -0.39 is 0 Å². The van der Waals surface area contributed by atoms with Gasteiger partial charge < -0.3 is 9.47 Å². The van der Waals surface area contributed by atoms with Gasteiger partial charge in [0.05, 0.1) is 6.10 Å². The van der Waals surface area contributed by atoms with Crippen molar-refractivity contribution in [1.82, 2.24) is 0 Å². The normalized spacial score (nSPS) is 40.3. The van der Waals surface area contributed by atoms with E-state index >= 15 is 0 Å². The number of hydrogen-bond donors (Lipinski definition) is 0. The van der Waals surface area contributed by atoms with E-state index in [1.165, 1.54) is 0 Å². The summed E-state index contributed by atoms with van der Waals surface area (Å²) in [6, 6.07) is 0. The summed E-state index contributed by atoms with van der Waals surface area (Å²) < 4.78 is 10.8. The smallest absolute Gasteiger partial charge is 0.198 e. The van der Waals surface area contributed by atoms with E-state index in [9.17, 15) is 4.79 Å². The predicted octanol–water partition coefficient (Wildman–Crippen LogP) is 2.13. The minimum Gasteiger partial charge on any atom is -0.356 e. The molecule has 1 heterocycles. The molecule has 1 aliphatic rings. The fraction of sp³-hybridized carbons (Fsp3) is 0.889. The Bertz CT molecular complexity index is 207. The Morgan fingerprint density at radius 3 is 2.69 bits per heavy atom. The Morgan fingerprint density at radius 1 is 1.62 bits per heavy atom. The van der Waals surface area contributed by atoms with Gasteiger partial charge in [0.25, 0.3) is 0 Å². The van der Waals surface area contributed by atoms with Crippen molar-refractivity contribution in [3.05, 3.63) is 0 Å². The first-order chi connectivity index (χ1) is 5.98. The topological polar surface area (TPSA) is 35.5 Å². The summed E-state index contributed by atoms with van der Waals surface area (Å²) in [6.07, 6.45) is 1.32. The molecule has 0 aromatic heterocycles. The molecule has 0 aromatic carbocycles. The maximum Gasteiger partial charge on any atom is 0.198 e. The molecule has 0 aromatic rings. The quantitative estimate of drug-likeness (QED) is 0.579. The van der Waals surface area contributed by atoms with Crippen molar-refractivity contribution in [2.45, 2.75) is 39.1 Å². The van der Waals surface area contributed by atoms with E-state index in [-0.39, 0.29) is 21.6 Å². The molecule has 0 radical (unpaired) electrons. The summed E-state index contributed by atoms with van der Waals surface area (Å²) in [4.78, 5) is 11.4. The molecule has 76 valence electrons. The lowest BCUT2D eigenvalue weighted by molar-refractivity contribution is -0.202. The number of rotatable bonds is 2. The van der Waals surface area contributed by atoms with Gasteiger partial charge in [-0.25, -0.2) is 0 Å². The van der Waals surface area contributed by atoms with Crippen LogP contribution in [0, 0.1) is 5.41 Å². The highest BCUT2D eigenvalue weighted by Gasteiger charge is 2.40. The molecule has 1 rings (SSSR count). The summed E-state index contributed by atoms with van der Waals surface area (Å²) in [7, 11) is 1.61. The monoisotopic (exact) mass is 298 g/mol. The molecule has 0 N–H and O–H groups in total. The van der Waals surface area contributed by atoms with E-state index in [2.05, 4.69) is 0 Å². The molecule has 13 heavy (non-hydrogen) atoms. The van der Waals surface area contributed by atoms with Crippen LogP contribution in [-0.2, 0) is 14.3 Å². The molecule has 4 heteroatoms. The Morgan fingerprint density at radius 2 is 2.23 bits per heavy atom. The fourth-order valence-corrected chi connectivity index (χ4v) is 2.18. The maximum atomic E-state index is 11.4. The first kappa shape index (κ1) is 11.4. The number of methoxy groups -OCH3 is 1. The van der Waals surface area contributed by atoms with Crippen LogP contribution < -0.4 is 0 Å². The first-order valence-electron chi connectivity index (χ1n) is 4.36. The van der Waals surface area contributed by atoms with Crippen LogP contribution in [0.2, 0.25) is 0 Å². The highest BCUT2D eigenvalue weighted by molar-refractivity contribution is 14.1. The molecule has 1 aliphatic heterocycles. The SMILES string of the molecule is CO[C@H]1C[C@@](C)(C(=O)I)C[C@H](C)O1. The van der Waals surface area contributed by atoms with Gasteiger partial charge in [0.1, 0.15) is 0 Å². The lowest BCUT2D eigenvalue weighted by Gasteiger charge is -2.38. The third kappa shape index (κ3) is 2.63. The summed E-state index contributed by atoms with van der Waals surface area (Å²) in [5.41, 5.74) is -0.279. The molecule has 0 unspecified atom stereocenters. The van der Waals surface area contributed by atoms with Gasteiger partial charge in [-0.3, -0.25) is 4.79 Å². The van der Waals surface area contributed by atoms with Crippen molar-refractivity contribution in [1.29, 1.82) is 0 Å². The standard InChI is InChI=1S/C9H15IO3/c1-6-4-9(2,8(10)11)5-7(12-3)13-6/h6-7H,4-5H2,1-3H3/t6-,7+,9-/m0/s1. The van der Waals surface area contributed by atoms with Crippen molar-refractivity contribution >= 4 is 26.4 Å². The molecule has 0 amide bonds. The summed E-state index contributed by atoms with van der Waals surface area (Å²) >= 11 is 1.86. The molecular weight excluding hydrogens is 283 g/mol. The van der Waals surface area contributed by atoms with Crippen LogP contribution in [0.15, 0.2) is 0 Å². The highest BCUT2D eigenvalue weighted by Crippen LogP contribution is 2.38. The van der Waals surface area contributed by atoms with Crippen LogP contribution in [0.5, 0.6) is 0 Å². The average Bonchev–Trinajstić information content (AvgIpc) is 2.02. The van der Waals surface area contributed by atoms with Crippen molar-refractivity contribution in [3.63, 3.8) is 0 Å². The first-order valence-corrected chi connectivity index (χ1v) is 5.44. The molecular formula is C9H15IO3. The van der Waals surface area contributed by atoms with Crippen LogP contribution >= 0.6 is 22.6 Å². The minimum absolute atomic E-state index is 0.0995. The number of hydrogen-bond acceptors (Lipinski definition) is 3. The van der Waals surface area contributed by atoms with Crippen LogP contribution in [0.4, 0.5) is 0 Å². The van der Waals surface area contributed by atoms with Crippen molar-refractivity contribution in [3.8, 4) is 0 Å². The van der Waals surface area contributed by atoms with Gasteiger partial charge in [-0.1, -0.05) is 6.92 Å². The second-order valence-corrected chi connectivity index (χ2v) is 4.83. The number of halogens is 1. The predicted molar refractivity (Wildman–Crippen MR) is 57.7 cm³/mol. The fourth-order valence-electron chi connectivity index (χ4n) is 1.74. The van der Waals surface area contributed by atoms with E-state index in [1.54, 1.807) is 7.11 Å². The Kier molecular flexibility index (Phi) is 3.71. The van der Waals surface area contributed by atoms with Gasteiger partial charge >= 0.3 is 0 Å². The van der Waals surface area contributed by atoms with E-state index in [0.717, 1.165) is 6.42 Å². The zero-order valence-electron chi connectivity index (χ0n) is 8.17. The number of ether oxygens (including phenoxy) is 2. The van der Waals surface area contributed by atoms with Crippen LogP contribution in [0.25, 0.3) is 0 Å². The van der Waals surface area contributed by atoms with E-state index in [0.29, 0.717) is 6.42 Å². The average molecular weight is 298 g/mol. The molecule has 1 fully saturated rings. The van der Waals surface area contributed by atoms with Crippen molar-refractivity contribution in [2.75, 3.05) is 7.11 Å². The van der Waals surface area contributed by atoms with Crippen molar-refractivity contribution < 1.29 is 14.3 Å². The second-order valence-electron chi connectivity index (χ2n) is 3.85. The summed E-state index contributed by atoms with van der Waals surface area (Å²) in [5, 5.41) is 0. The van der Waals surface area contributed by atoms with Crippen LogP contribution in [0.3, 0.4) is 0 Å². The lowest BCUT2D eigenvalue weighted by Crippen LogP contribution is -2.41. The number of carbonyl (C=O) groups is 1. The molecule has 0 saturated carbocycles. The van der Waals surface area contributed by atoms with Gasteiger partial charge in [0, 0.05) is 41.5 Å². The molecule has 0 aliphatic carbocycles. The summed E-state index contributed by atoms with van der Waals surface area (Å²) in [6.45, 7) is 3.95. The molecule has 3 atom stereocenters. The zero-order valence-corrected chi connectivity index (χ0v) is 10.3. The van der Waals surface area contributed by atoms with Gasteiger partial charge in [0.2, 0.25) is 0 Å². The molecule has 0 bridgehead atoms.